The van der Waals surface area contributed by atoms with Crippen molar-refractivity contribution in [1.29, 1.82) is 0 Å². The van der Waals surface area contributed by atoms with E-state index < -0.39 is 22.9 Å². The van der Waals surface area contributed by atoms with Crippen LogP contribution in [0.2, 0.25) is 15.1 Å². The number of nitrogens with one attached hydrogen (secondary N) is 1. The zero-order valence-corrected chi connectivity index (χ0v) is 80.4. The number of halogens is 4. The minimum atomic E-state index is -0.592. The number of anilines is 5. The number of nitrogens with two attached hydrogens (primary N) is 1. The maximum absolute atomic E-state index is 15.2. The summed E-state index contributed by atoms with van der Waals surface area (Å²) in [5.41, 5.74) is 14.7. The molecule has 9 aromatic heterocycles. The first-order valence-corrected chi connectivity index (χ1v) is 45.1. The molecule has 3 aromatic carbocycles. The van der Waals surface area contributed by atoms with E-state index in [1.807, 2.05) is 161 Å². The van der Waals surface area contributed by atoms with Gasteiger partial charge in [0, 0.05) is 157 Å². The van der Waals surface area contributed by atoms with Gasteiger partial charge in [0.25, 0.3) is 11.8 Å². The van der Waals surface area contributed by atoms with E-state index in [9.17, 15) is 38.4 Å². The van der Waals surface area contributed by atoms with E-state index in [0.717, 1.165) is 28.2 Å². The standard InChI is InChI=1S/C34H38ClN7O3.C33H36ClN7O3.C32H36ClFN8O2/c1-9-27(43)40-17-22(6)41(18-21(40)5)31-25-16-26(35)29(23-12-10-11-13-24(23)33(44)39(7)8)37-32(25)42(34(45)38-31)30-20(4)14-15-36-28(30)19(2)3;1-8-26(42)39-16-21(6)40(17-20(39)5)30-24-15-25(34)28(22-11-9-10-12-23(22)32(43)35-7)37-31(24)41(33(44)38-30)29-19(4)13-14-36-27(29)18(2)3;1-8-25(43)40-15-19(5)41(16-18(40)4)30-20-14-21(33)28(26-22(34)10-9-11-23(26)35)37-31(20)42(32(44)38-30)29-24(39(6)7)12-13-36-27(29)17(2)3/h9-16,19,21-22H,1,17-18H2,2-8H3;8-15,18,20-21H,1,16-17H2,2-7H3,(H,35,43);8-14,17-19H,1,15-16,35H2,2-7H3. The Morgan fingerprint density at radius 2 is 0.812 bits per heavy atom. The van der Waals surface area contributed by atoms with Gasteiger partial charge in [-0.2, -0.15) is 15.0 Å². The lowest BCUT2D eigenvalue weighted by Gasteiger charge is -2.44. The van der Waals surface area contributed by atoms with Crippen LogP contribution in [0.4, 0.5) is 33.2 Å². The lowest BCUT2D eigenvalue weighted by atomic mass is 10.0. The number of hydrogen-bond acceptors (Lipinski definition) is 22. The molecule has 3 saturated heterocycles. The number of benzene rings is 3. The molecule has 3 aliphatic rings. The normalized spacial score (nSPS) is 16.8. The first-order valence-electron chi connectivity index (χ1n) is 43.9. The third-order valence-electron chi connectivity index (χ3n) is 24.3. The molecule has 0 radical (unpaired) electrons. The monoisotopic (exact) mass is 1860 g/mol. The van der Waals surface area contributed by atoms with Gasteiger partial charge in [0.05, 0.1) is 93.7 Å². The molecule has 34 heteroatoms. The minimum Gasteiger partial charge on any atom is -0.398 e. The molecule has 0 aliphatic carbocycles. The molecule has 3 fully saturated rings. The summed E-state index contributed by atoms with van der Waals surface area (Å²) < 4.78 is 19.7. The summed E-state index contributed by atoms with van der Waals surface area (Å²) in [5, 5.41) is 5.05. The first kappa shape index (κ1) is 96.9. The Labute approximate surface area is 786 Å². The summed E-state index contributed by atoms with van der Waals surface area (Å²) in [6, 6.07) is 28.2. The summed E-state index contributed by atoms with van der Waals surface area (Å²) in [6.07, 6.45) is 9.10. The fourth-order valence-electron chi connectivity index (χ4n) is 17.6. The second kappa shape index (κ2) is 39.8. The summed E-state index contributed by atoms with van der Waals surface area (Å²) in [4.78, 5) is 164. The Balaban J connectivity index is 0.000000169. The SMILES string of the molecule is C=CC(=O)N1CC(C)N(c2nc(=O)n(-c3c(C)ccnc3C(C)C)c3nc(-c4ccccc4C(=O)N(C)C)c(Cl)cc23)CC1C.C=CC(=O)N1CC(C)N(c2nc(=O)n(-c3c(C)ccnc3C(C)C)c3nc(-c4ccccc4C(=O)NC)c(Cl)cc23)CC1C.C=CC(=O)N1CC(C)N(c2nc(=O)n(-c3c(N(C)C)ccnc3C(C)C)c3nc(-c4c(N)cccc4F)c(Cl)cc23)CC1C. The van der Waals surface area contributed by atoms with Gasteiger partial charge >= 0.3 is 17.1 Å². The number of carbonyl (C=O) groups excluding carboxylic acids is 5. The van der Waals surface area contributed by atoms with Crippen molar-refractivity contribution in [1.82, 2.24) is 83.5 Å². The van der Waals surface area contributed by atoms with Crippen molar-refractivity contribution in [3.8, 4) is 50.8 Å². The number of pyridine rings is 6. The molecule has 15 rings (SSSR count). The van der Waals surface area contributed by atoms with Crippen LogP contribution < -0.4 is 47.7 Å². The van der Waals surface area contributed by atoms with Crippen LogP contribution in [0, 0.1) is 19.7 Å². The van der Waals surface area contributed by atoms with Crippen molar-refractivity contribution in [2.24, 2.45) is 0 Å². The summed E-state index contributed by atoms with van der Waals surface area (Å²) >= 11 is 20.8. The van der Waals surface area contributed by atoms with Gasteiger partial charge in [-0.05, 0) is 163 Å². The Kier molecular flexibility index (Phi) is 29.0. The van der Waals surface area contributed by atoms with Crippen molar-refractivity contribution >= 4 is 126 Å². The Morgan fingerprint density at radius 1 is 0.466 bits per heavy atom. The molecule has 12 aromatic rings. The highest BCUT2D eigenvalue weighted by Gasteiger charge is 2.40. The highest BCUT2D eigenvalue weighted by Crippen LogP contribution is 2.44. The average Bonchev–Trinajstić information content (AvgIpc) is 0.736. The van der Waals surface area contributed by atoms with Crippen molar-refractivity contribution in [3.05, 3.63) is 251 Å². The number of fused-ring (bicyclic) bond motifs is 3. The highest BCUT2D eigenvalue weighted by atomic mass is 35.5. The summed E-state index contributed by atoms with van der Waals surface area (Å²) in [6.45, 7) is 41.1. The number of aryl methyl sites for hydroxylation is 2. The second-order valence-corrected chi connectivity index (χ2v) is 36.3. The summed E-state index contributed by atoms with van der Waals surface area (Å²) in [7, 11) is 8.69. The molecule has 0 saturated carbocycles. The van der Waals surface area contributed by atoms with Crippen LogP contribution in [0.3, 0.4) is 0 Å². The largest absolute Gasteiger partial charge is 0.398 e. The lowest BCUT2D eigenvalue weighted by Crippen LogP contribution is -2.58. The smallest absolute Gasteiger partial charge is 0.355 e. The van der Waals surface area contributed by atoms with E-state index in [2.05, 4.69) is 55.0 Å². The fourth-order valence-corrected chi connectivity index (χ4v) is 18.4. The fraction of sp³-hybridized carbons (Fsp3) is 0.343. The van der Waals surface area contributed by atoms with E-state index >= 15 is 4.39 Å². The van der Waals surface area contributed by atoms with Crippen LogP contribution in [0.1, 0.15) is 150 Å². The van der Waals surface area contributed by atoms with Gasteiger partial charge < -0.3 is 50.2 Å². The molecule has 12 heterocycles. The van der Waals surface area contributed by atoms with Crippen LogP contribution in [0.5, 0.6) is 0 Å². The van der Waals surface area contributed by atoms with E-state index in [1.165, 1.54) is 49.0 Å². The van der Waals surface area contributed by atoms with Gasteiger partial charge in [0.15, 0.2) is 16.9 Å². The number of hydrogen-bond donors (Lipinski definition) is 2. The summed E-state index contributed by atoms with van der Waals surface area (Å²) in [5.74, 6) is -0.345. The maximum atomic E-state index is 15.2. The number of nitrogens with zero attached hydrogens (tertiary/aromatic N) is 20. The van der Waals surface area contributed by atoms with Crippen molar-refractivity contribution in [2.45, 2.75) is 151 Å². The third kappa shape index (κ3) is 18.7. The van der Waals surface area contributed by atoms with E-state index in [4.69, 9.17) is 55.5 Å². The maximum Gasteiger partial charge on any atom is 0.355 e. The quantitative estimate of drug-likeness (QED) is 0.0595. The van der Waals surface area contributed by atoms with Crippen LogP contribution in [0.15, 0.2) is 174 Å². The zero-order valence-electron chi connectivity index (χ0n) is 78.1. The van der Waals surface area contributed by atoms with Gasteiger partial charge in [-0.25, -0.2) is 47.4 Å². The molecule has 3 N–H and O–H groups in total. The molecular formula is C99H110Cl3FN22O8. The van der Waals surface area contributed by atoms with E-state index in [0.29, 0.717) is 151 Å². The van der Waals surface area contributed by atoms with Gasteiger partial charge in [-0.1, -0.05) is 139 Å². The van der Waals surface area contributed by atoms with Crippen molar-refractivity contribution < 1.29 is 28.4 Å². The molecular weight excluding hydrogens is 1750 g/mol. The molecule has 30 nitrogen and oxygen atoms in total. The first-order chi connectivity index (χ1) is 63.2. The topological polar surface area (TPSA) is 331 Å². The number of piperazine rings is 3. The van der Waals surface area contributed by atoms with Gasteiger partial charge in [-0.3, -0.25) is 38.9 Å². The van der Waals surface area contributed by atoms with Crippen LogP contribution >= 0.6 is 34.8 Å². The number of amides is 5. The van der Waals surface area contributed by atoms with Gasteiger partial charge in [0.1, 0.15) is 23.3 Å². The molecule has 692 valence electrons. The van der Waals surface area contributed by atoms with Gasteiger partial charge in [0.2, 0.25) is 17.7 Å². The van der Waals surface area contributed by atoms with Crippen LogP contribution in [-0.4, -0.2) is 218 Å². The molecule has 5 amide bonds. The van der Waals surface area contributed by atoms with Crippen molar-refractivity contribution in [3.63, 3.8) is 0 Å². The third-order valence-corrected chi connectivity index (χ3v) is 25.2. The average molecular weight is 1860 g/mol. The molecule has 133 heavy (non-hydrogen) atoms. The number of rotatable bonds is 18. The predicted octanol–water partition coefficient (Wildman–Crippen LogP) is 15.2. The minimum absolute atomic E-state index is 0.00285. The molecule has 3 aliphatic heterocycles. The van der Waals surface area contributed by atoms with Crippen molar-refractivity contribution in [2.75, 3.05) is 99.8 Å². The van der Waals surface area contributed by atoms with Crippen LogP contribution in [0.25, 0.3) is 83.9 Å². The second-order valence-electron chi connectivity index (χ2n) is 35.1. The molecule has 0 bridgehead atoms. The molecule has 6 atom stereocenters. The zero-order chi connectivity index (χ0) is 96.6. The predicted molar refractivity (Wildman–Crippen MR) is 527 cm³/mol. The Bertz CT molecular complexity index is 6810. The molecule has 0 spiro atoms. The Hall–Kier alpha value is -13.7. The number of aromatic nitrogens is 12. The van der Waals surface area contributed by atoms with E-state index in [-0.39, 0.29) is 111 Å². The van der Waals surface area contributed by atoms with E-state index in [1.54, 1.807) is 115 Å². The Morgan fingerprint density at radius 3 is 1.17 bits per heavy atom. The highest BCUT2D eigenvalue weighted by molar-refractivity contribution is 6.35. The van der Waals surface area contributed by atoms with Crippen LogP contribution in [-0.2, 0) is 14.4 Å². The lowest BCUT2D eigenvalue weighted by molar-refractivity contribution is -0.129. The molecule has 6 unspecified atom stereocenters. The number of nitrogen functional groups attached to an aromatic ring is 1. The number of carbonyl (C=O) groups is 5. The van der Waals surface area contributed by atoms with Gasteiger partial charge in [-0.15, -0.1) is 0 Å².